The van der Waals surface area contributed by atoms with Gasteiger partial charge in [-0.05, 0) is 36.4 Å². The van der Waals surface area contributed by atoms with Gasteiger partial charge in [-0.1, -0.05) is 0 Å². The molecule has 0 radical (unpaired) electrons. The van der Waals surface area contributed by atoms with Gasteiger partial charge in [0.1, 0.15) is 5.75 Å². The largest absolute Gasteiger partial charge is 0.497 e. The predicted molar refractivity (Wildman–Crippen MR) is 105 cm³/mol. The average molecular weight is 371 g/mol. The average Bonchev–Trinajstić information content (AvgIpc) is 2.73. The highest BCUT2D eigenvalue weighted by molar-refractivity contribution is 5.90. The summed E-state index contributed by atoms with van der Waals surface area (Å²) in [4.78, 5) is 16.6. The third kappa shape index (κ3) is 4.36. The quantitative estimate of drug-likeness (QED) is 0.875. The number of urea groups is 1. The summed E-state index contributed by atoms with van der Waals surface area (Å²) in [6.07, 6.45) is 0. The minimum atomic E-state index is -0.114. The zero-order valence-corrected chi connectivity index (χ0v) is 15.9. The van der Waals surface area contributed by atoms with E-state index in [1.54, 1.807) is 39.5 Å². The lowest BCUT2D eigenvalue weighted by atomic mass is 10.2. The Morgan fingerprint density at radius 2 is 1.52 bits per heavy atom. The van der Waals surface area contributed by atoms with Crippen LogP contribution in [0.5, 0.6) is 17.2 Å². The van der Waals surface area contributed by atoms with E-state index in [2.05, 4.69) is 10.2 Å². The Hall–Kier alpha value is -3.09. The molecule has 1 aliphatic rings. The van der Waals surface area contributed by atoms with Crippen molar-refractivity contribution >= 4 is 17.4 Å². The van der Waals surface area contributed by atoms with Gasteiger partial charge in [-0.3, -0.25) is 0 Å². The van der Waals surface area contributed by atoms with Gasteiger partial charge in [-0.2, -0.15) is 0 Å². The van der Waals surface area contributed by atoms with E-state index in [9.17, 15) is 4.79 Å². The number of benzene rings is 2. The molecule has 2 aromatic rings. The molecule has 1 fully saturated rings. The molecule has 2 aromatic carbocycles. The lowest BCUT2D eigenvalue weighted by molar-refractivity contribution is 0.208. The molecule has 0 aliphatic carbocycles. The number of piperazine rings is 1. The fourth-order valence-electron chi connectivity index (χ4n) is 3.08. The number of amides is 2. The molecule has 0 saturated carbocycles. The minimum Gasteiger partial charge on any atom is -0.497 e. The fourth-order valence-corrected chi connectivity index (χ4v) is 3.08. The topological polar surface area (TPSA) is 63.3 Å². The second-order valence-electron chi connectivity index (χ2n) is 6.17. The van der Waals surface area contributed by atoms with E-state index >= 15 is 0 Å². The highest BCUT2D eigenvalue weighted by Gasteiger charge is 2.21. The smallest absolute Gasteiger partial charge is 0.321 e. The number of methoxy groups -OCH3 is 3. The molecule has 0 atom stereocenters. The summed E-state index contributed by atoms with van der Waals surface area (Å²) in [7, 11) is 4.81. The first kappa shape index (κ1) is 18.7. The Labute approximate surface area is 159 Å². The van der Waals surface area contributed by atoms with Crippen molar-refractivity contribution in [2.24, 2.45) is 0 Å². The zero-order valence-electron chi connectivity index (χ0n) is 15.9. The lowest BCUT2D eigenvalue weighted by Gasteiger charge is -2.36. The minimum absolute atomic E-state index is 0.114. The number of hydrogen-bond acceptors (Lipinski definition) is 5. The summed E-state index contributed by atoms with van der Waals surface area (Å²) < 4.78 is 15.7. The van der Waals surface area contributed by atoms with Crippen molar-refractivity contribution in [3.05, 3.63) is 42.5 Å². The first-order chi connectivity index (χ1) is 13.1. The van der Waals surface area contributed by atoms with Gasteiger partial charge in [0.2, 0.25) is 0 Å². The number of anilines is 2. The van der Waals surface area contributed by atoms with Crippen LogP contribution in [0.1, 0.15) is 0 Å². The molecule has 1 heterocycles. The molecule has 7 heteroatoms. The number of nitrogens with zero attached hydrogens (tertiary/aromatic N) is 2. The van der Waals surface area contributed by atoms with Crippen LogP contribution in [0.15, 0.2) is 42.5 Å². The van der Waals surface area contributed by atoms with Gasteiger partial charge in [0.25, 0.3) is 0 Å². The molecular weight excluding hydrogens is 346 g/mol. The van der Waals surface area contributed by atoms with Gasteiger partial charge < -0.3 is 29.3 Å². The second kappa shape index (κ2) is 8.53. The number of ether oxygens (including phenoxy) is 3. The first-order valence-corrected chi connectivity index (χ1v) is 8.81. The van der Waals surface area contributed by atoms with Crippen molar-refractivity contribution in [1.82, 2.24) is 4.90 Å². The standard InChI is InChI=1S/C20H25N3O4/c1-25-17-7-5-16(6-8-17)22-10-12-23(13-11-22)20(24)21-15-4-9-18(26-2)19(14-15)27-3/h4-9,14H,10-13H2,1-3H3,(H,21,24). The molecule has 0 spiro atoms. The lowest BCUT2D eigenvalue weighted by Crippen LogP contribution is -2.50. The number of nitrogens with one attached hydrogen (secondary N) is 1. The van der Waals surface area contributed by atoms with Gasteiger partial charge >= 0.3 is 6.03 Å². The van der Waals surface area contributed by atoms with Crippen molar-refractivity contribution in [3.8, 4) is 17.2 Å². The van der Waals surface area contributed by atoms with Crippen molar-refractivity contribution in [3.63, 3.8) is 0 Å². The molecule has 3 rings (SSSR count). The number of carbonyl (C=O) groups is 1. The first-order valence-electron chi connectivity index (χ1n) is 8.81. The summed E-state index contributed by atoms with van der Waals surface area (Å²) in [5.74, 6) is 2.05. The Morgan fingerprint density at radius 1 is 0.852 bits per heavy atom. The van der Waals surface area contributed by atoms with Gasteiger partial charge in [-0.25, -0.2) is 4.79 Å². The Morgan fingerprint density at radius 3 is 2.11 bits per heavy atom. The predicted octanol–water partition coefficient (Wildman–Crippen LogP) is 3.07. The van der Waals surface area contributed by atoms with Crippen LogP contribution < -0.4 is 24.4 Å². The number of hydrogen-bond donors (Lipinski definition) is 1. The molecule has 1 N–H and O–H groups in total. The molecule has 0 unspecified atom stereocenters. The van der Waals surface area contributed by atoms with Crippen LogP contribution in [0.2, 0.25) is 0 Å². The van der Waals surface area contributed by atoms with Gasteiger partial charge in [0.15, 0.2) is 11.5 Å². The van der Waals surface area contributed by atoms with Crippen LogP contribution in [0.4, 0.5) is 16.2 Å². The SMILES string of the molecule is COc1ccc(N2CCN(C(=O)Nc3ccc(OC)c(OC)c3)CC2)cc1. The molecule has 27 heavy (non-hydrogen) atoms. The monoisotopic (exact) mass is 371 g/mol. The van der Waals surface area contributed by atoms with Crippen molar-refractivity contribution in [2.45, 2.75) is 0 Å². The van der Waals surface area contributed by atoms with Crippen LogP contribution in [-0.2, 0) is 0 Å². The maximum atomic E-state index is 12.6. The third-order valence-electron chi connectivity index (χ3n) is 4.64. The molecule has 1 saturated heterocycles. The second-order valence-corrected chi connectivity index (χ2v) is 6.17. The summed E-state index contributed by atoms with van der Waals surface area (Å²) in [6, 6.07) is 13.2. The fraction of sp³-hybridized carbons (Fsp3) is 0.350. The summed E-state index contributed by atoms with van der Waals surface area (Å²) >= 11 is 0. The van der Waals surface area contributed by atoms with E-state index in [1.807, 2.05) is 29.2 Å². The molecule has 7 nitrogen and oxygen atoms in total. The Kier molecular flexibility index (Phi) is 5.90. The van der Waals surface area contributed by atoms with E-state index in [0.29, 0.717) is 30.3 Å². The van der Waals surface area contributed by atoms with Crippen molar-refractivity contribution < 1.29 is 19.0 Å². The van der Waals surface area contributed by atoms with Crippen LogP contribution in [0, 0.1) is 0 Å². The molecule has 0 aromatic heterocycles. The highest BCUT2D eigenvalue weighted by Crippen LogP contribution is 2.30. The number of carbonyl (C=O) groups excluding carboxylic acids is 1. The van der Waals surface area contributed by atoms with E-state index in [-0.39, 0.29) is 6.03 Å². The van der Waals surface area contributed by atoms with Crippen LogP contribution in [0.25, 0.3) is 0 Å². The maximum absolute atomic E-state index is 12.6. The summed E-state index contributed by atoms with van der Waals surface area (Å²) in [5, 5.41) is 2.92. The van der Waals surface area contributed by atoms with E-state index in [0.717, 1.165) is 24.5 Å². The molecular formula is C20H25N3O4. The normalized spacial score (nSPS) is 13.9. The molecule has 0 bridgehead atoms. The van der Waals surface area contributed by atoms with E-state index in [4.69, 9.17) is 14.2 Å². The Bertz CT molecular complexity index is 771. The number of rotatable bonds is 5. The summed E-state index contributed by atoms with van der Waals surface area (Å²) in [6.45, 7) is 2.88. The van der Waals surface area contributed by atoms with Gasteiger partial charge in [-0.15, -0.1) is 0 Å². The van der Waals surface area contributed by atoms with Gasteiger partial charge in [0, 0.05) is 43.6 Å². The highest BCUT2D eigenvalue weighted by atomic mass is 16.5. The zero-order chi connectivity index (χ0) is 19.2. The third-order valence-corrected chi connectivity index (χ3v) is 4.64. The van der Waals surface area contributed by atoms with Crippen LogP contribution in [0.3, 0.4) is 0 Å². The summed E-state index contributed by atoms with van der Waals surface area (Å²) in [5.41, 5.74) is 1.81. The van der Waals surface area contributed by atoms with Crippen LogP contribution >= 0.6 is 0 Å². The molecule has 144 valence electrons. The Balaban J connectivity index is 1.56. The van der Waals surface area contributed by atoms with Gasteiger partial charge in [0.05, 0.1) is 21.3 Å². The maximum Gasteiger partial charge on any atom is 0.321 e. The van der Waals surface area contributed by atoms with Crippen molar-refractivity contribution in [2.75, 3.05) is 57.7 Å². The van der Waals surface area contributed by atoms with Crippen molar-refractivity contribution in [1.29, 1.82) is 0 Å². The van der Waals surface area contributed by atoms with E-state index in [1.165, 1.54) is 0 Å². The van der Waals surface area contributed by atoms with E-state index < -0.39 is 0 Å². The molecule has 2 amide bonds. The van der Waals surface area contributed by atoms with Crippen LogP contribution in [-0.4, -0.2) is 58.4 Å². The molecule has 1 aliphatic heterocycles.